The fraction of sp³-hybridized carbons (Fsp3) is 0.818. The predicted octanol–water partition coefficient (Wildman–Crippen LogP) is 15.3. The molecule has 0 aromatic carbocycles. The Morgan fingerprint density at radius 2 is 0.900 bits per heavy atom. The molecule has 0 amide bonds. The maximum atomic E-state index is 14.4. The van der Waals surface area contributed by atoms with Gasteiger partial charge in [-0.1, -0.05) is 71.6 Å². The minimum atomic E-state index is -7.22. The zero-order valence-corrected chi connectivity index (χ0v) is 44.7. The Labute approximate surface area is 451 Å². The summed E-state index contributed by atoms with van der Waals surface area (Å²) in [6, 6.07) is 0. The quantitative estimate of drug-likeness (QED) is 0.109. The van der Waals surface area contributed by atoms with Gasteiger partial charge in [0.25, 0.3) is 11.8 Å². The molecule has 10 fully saturated rings. The van der Waals surface area contributed by atoms with Crippen LogP contribution in [0.2, 0.25) is 0 Å². The van der Waals surface area contributed by atoms with E-state index in [9.17, 15) is 86.9 Å². The molecule has 6 nitrogen and oxygen atoms in total. The standard InChI is InChI=1S/C11H8F8O3S.C11H13F3O.C10H11F3.C10H13F.C10H14.C3H5F3O2/c12-8(13)6-4-1-2-5(3-4)7(6)9(8,14)22-10(15,16)11(17,18)23(19,20)21;1-10(15-11(12,13)14)5-8-6-2-3-7(4-6)9(8)10;1-9(11)7-5-2-3-6(4-5)8(7)10(9,12)13;1-10(11)5-8-6-2-3-7(4-6)9(8)10;1-6-4-9-7-2-3-8(5-7)10(6)9;1-7-2-8-3(4,5)6/h1-2,4-7H,3H2;2-3,6-9H,4-5H2,1H3;2-3,5-8H,4H2,1H3;2-3,6-9H,4-5H2,1H3;2-3,6-10H,4-5H2,1H3;2H2,1H3. The van der Waals surface area contributed by atoms with Crippen LogP contribution < -0.4 is 0 Å². The van der Waals surface area contributed by atoms with Gasteiger partial charge in [0.05, 0.1) is 5.60 Å². The first-order chi connectivity index (χ1) is 36.6. The summed E-state index contributed by atoms with van der Waals surface area (Å²) in [6.07, 6.45) is 12.2. The lowest BCUT2D eigenvalue weighted by Crippen LogP contribution is -2.73. The molecule has 452 valence electrons. The maximum absolute atomic E-state index is 14.4. The number of rotatable bonds is 7. The van der Waals surface area contributed by atoms with Gasteiger partial charge in [-0.25, -0.2) is 22.0 Å². The molecule has 0 aromatic rings. The van der Waals surface area contributed by atoms with Crippen LogP contribution in [0, 0.1) is 124 Å². The third-order valence-corrected chi connectivity index (χ3v) is 22.3. The van der Waals surface area contributed by atoms with Crippen LogP contribution in [0.5, 0.6) is 0 Å². The Bertz CT molecular complexity index is 2610. The van der Waals surface area contributed by atoms with Crippen molar-refractivity contribution in [3.8, 4) is 0 Å². The SMILES string of the molecule is CC1(F)C2C3C=CC(C3)C2C1(F)F.CC1(F)CC2C3C=CC(C3)C21.CC1(OC(F)(F)F)CC2C3C=CC(C3)C21.CC1CC2C3C=CC(C3)C12.COCOC(F)(F)F.O=S(=O)(F)C(F)(F)C(F)(F)OC1(F)C2C3C=CC(C3)C2C1(F)F. The highest BCUT2D eigenvalue weighted by molar-refractivity contribution is 7.87. The smallest absolute Gasteiger partial charge is 0.358 e. The Hall–Kier alpha value is -2.77. The van der Waals surface area contributed by atoms with Crippen LogP contribution in [0.3, 0.4) is 0 Å². The zero-order chi connectivity index (χ0) is 58.9. The molecule has 10 saturated carbocycles. The van der Waals surface area contributed by atoms with Crippen LogP contribution >= 0.6 is 0 Å². The van der Waals surface area contributed by atoms with Crippen molar-refractivity contribution in [1.29, 1.82) is 0 Å². The fourth-order valence-electron chi connectivity index (χ4n) is 18.3. The molecule has 25 heteroatoms. The zero-order valence-electron chi connectivity index (χ0n) is 43.9. The van der Waals surface area contributed by atoms with E-state index in [1.807, 2.05) is 12.2 Å². The summed E-state index contributed by atoms with van der Waals surface area (Å²) in [4.78, 5) is 0. The summed E-state index contributed by atoms with van der Waals surface area (Å²) in [5.74, 6) is -9.49. The van der Waals surface area contributed by atoms with Crippen molar-refractivity contribution < 1.29 is 106 Å². The Morgan fingerprint density at radius 1 is 0.487 bits per heavy atom. The summed E-state index contributed by atoms with van der Waals surface area (Å²) < 4.78 is 265. The van der Waals surface area contributed by atoms with E-state index in [2.05, 4.69) is 62.3 Å². The van der Waals surface area contributed by atoms with Gasteiger partial charge in [0.15, 0.2) is 12.5 Å². The molecule has 10 bridgehead atoms. The molecular formula is C55H64F18O6S. The average Bonchev–Trinajstić information content (AvgIpc) is 4.19. The van der Waals surface area contributed by atoms with Crippen LogP contribution in [0.4, 0.5) is 78.5 Å². The second-order valence-electron chi connectivity index (χ2n) is 25.8. The lowest BCUT2D eigenvalue weighted by Gasteiger charge is -2.56. The number of allylic oxidation sites excluding steroid dienone is 10. The van der Waals surface area contributed by atoms with Crippen molar-refractivity contribution in [2.45, 2.75) is 138 Å². The van der Waals surface area contributed by atoms with Gasteiger partial charge in [-0.3, -0.25) is 14.2 Å². The van der Waals surface area contributed by atoms with Gasteiger partial charge in [0.2, 0.25) is 0 Å². The second kappa shape index (κ2) is 19.4. The van der Waals surface area contributed by atoms with E-state index in [-0.39, 0.29) is 24.2 Å². The first kappa shape index (κ1) is 60.4. The number of halogens is 18. The van der Waals surface area contributed by atoms with Crippen molar-refractivity contribution in [3.05, 3.63) is 60.8 Å². The summed E-state index contributed by atoms with van der Waals surface area (Å²) in [6.45, 7) is 6.13. The van der Waals surface area contributed by atoms with E-state index >= 15 is 0 Å². The lowest BCUT2D eigenvalue weighted by atomic mass is 9.56. The van der Waals surface area contributed by atoms with E-state index in [0.29, 0.717) is 41.9 Å². The van der Waals surface area contributed by atoms with Crippen LogP contribution in [0.25, 0.3) is 0 Å². The third kappa shape index (κ3) is 9.47. The van der Waals surface area contributed by atoms with Crippen LogP contribution in [-0.2, 0) is 29.2 Å². The van der Waals surface area contributed by atoms with Gasteiger partial charge in [0.1, 0.15) is 5.67 Å². The molecule has 15 aliphatic carbocycles. The normalized spacial score (nSPS) is 49.4. The van der Waals surface area contributed by atoms with E-state index < -0.39 is 111 Å². The minimum absolute atomic E-state index is 0.0172. The number of alkyl halides is 17. The topological polar surface area (TPSA) is 71.1 Å². The lowest BCUT2D eigenvalue weighted by molar-refractivity contribution is -0.481. The summed E-state index contributed by atoms with van der Waals surface area (Å²) in [7, 11) is -6.10. The van der Waals surface area contributed by atoms with Crippen molar-refractivity contribution in [2.75, 3.05) is 13.9 Å². The van der Waals surface area contributed by atoms with Gasteiger partial charge >= 0.3 is 40.2 Å². The largest absolute Gasteiger partial charge is 0.524 e. The molecule has 0 radical (unpaired) electrons. The molecule has 0 N–H and O–H groups in total. The molecule has 80 heavy (non-hydrogen) atoms. The van der Waals surface area contributed by atoms with Gasteiger partial charge in [-0.15, -0.1) is 26.3 Å². The molecule has 25 unspecified atom stereocenters. The Morgan fingerprint density at radius 3 is 1.29 bits per heavy atom. The Kier molecular flexibility index (Phi) is 14.6. The van der Waals surface area contributed by atoms with Gasteiger partial charge < -0.3 is 4.74 Å². The van der Waals surface area contributed by atoms with Crippen LogP contribution in [-0.4, -0.2) is 81.0 Å². The first-order valence-corrected chi connectivity index (χ1v) is 28.6. The van der Waals surface area contributed by atoms with Crippen molar-refractivity contribution in [2.24, 2.45) is 124 Å². The average molecular weight is 1200 g/mol. The van der Waals surface area contributed by atoms with Crippen molar-refractivity contribution in [1.82, 2.24) is 0 Å². The number of hydrogen-bond acceptors (Lipinski definition) is 6. The summed E-state index contributed by atoms with van der Waals surface area (Å²) >= 11 is 0. The number of methoxy groups -OCH3 is 1. The van der Waals surface area contributed by atoms with Crippen molar-refractivity contribution >= 4 is 10.2 Å². The molecule has 25 atom stereocenters. The fourth-order valence-corrected chi connectivity index (χ4v) is 18.6. The second-order valence-corrected chi connectivity index (χ2v) is 27.1. The number of ether oxygens (including phenoxy) is 4. The van der Waals surface area contributed by atoms with Gasteiger partial charge in [-0.2, -0.15) is 34.8 Å². The molecule has 0 aromatic heterocycles. The highest BCUT2D eigenvalue weighted by Gasteiger charge is 2.87. The minimum Gasteiger partial charge on any atom is -0.358 e. The third-order valence-electron chi connectivity index (χ3n) is 21.4. The molecule has 0 spiro atoms. The summed E-state index contributed by atoms with van der Waals surface area (Å²) in [5, 5.41) is -6.51. The first-order valence-electron chi connectivity index (χ1n) is 27.2. The van der Waals surface area contributed by atoms with Crippen LogP contribution in [0.1, 0.15) is 79.1 Å². The predicted molar refractivity (Wildman–Crippen MR) is 250 cm³/mol. The number of fused-ring (bicyclic) bond motifs is 25. The van der Waals surface area contributed by atoms with E-state index in [1.165, 1.54) is 31.4 Å². The van der Waals surface area contributed by atoms with E-state index in [0.717, 1.165) is 68.8 Å². The Balaban J connectivity index is 0.000000112. The number of hydrogen-bond donors (Lipinski definition) is 0. The van der Waals surface area contributed by atoms with Gasteiger partial charge in [-0.05, 0) is 167 Å². The molecule has 0 saturated heterocycles. The monoisotopic (exact) mass is 1190 g/mol. The van der Waals surface area contributed by atoms with Gasteiger partial charge in [0, 0.05) is 36.7 Å². The highest BCUT2D eigenvalue weighted by atomic mass is 32.3. The molecular weight excluding hydrogens is 1130 g/mol. The molecule has 15 rings (SSSR count). The van der Waals surface area contributed by atoms with E-state index in [4.69, 9.17) is 0 Å². The molecule has 0 heterocycles. The summed E-state index contributed by atoms with van der Waals surface area (Å²) in [5.41, 5.74) is -4.05. The molecule has 0 aliphatic heterocycles. The molecule has 15 aliphatic rings. The highest BCUT2D eigenvalue weighted by Crippen LogP contribution is 2.74. The van der Waals surface area contributed by atoms with Crippen LogP contribution in [0.15, 0.2) is 60.8 Å². The maximum Gasteiger partial charge on any atom is 0.524 e. The van der Waals surface area contributed by atoms with E-state index in [1.54, 1.807) is 13.8 Å². The van der Waals surface area contributed by atoms with Crippen molar-refractivity contribution in [3.63, 3.8) is 0 Å².